The summed E-state index contributed by atoms with van der Waals surface area (Å²) in [6.45, 7) is 3.72. The molecular weight excluding hydrogens is 232 g/mol. The summed E-state index contributed by atoms with van der Waals surface area (Å²) in [7, 11) is 1.62. The van der Waals surface area contributed by atoms with Crippen LogP contribution in [-0.4, -0.2) is 38.1 Å². The van der Waals surface area contributed by atoms with Gasteiger partial charge < -0.3 is 19.3 Å². The topological polar surface area (TPSA) is 47.9 Å². The normalized spacial score (nSPS) is 21.9. The van der Waals surface area contributed by atoms with Gasteiger partial charge in [-0.3, -0.25) is 0 Å². The smallest absolute Gasteiger partial charge is 0.119 e. The van der Waals surface area contributed by atoms with Crippen LogP contribution in [-0.2, 0) is 15.9 Å². The lowest BCUT2D eigenvalue weighted by atomic mass is 10.1. The van der Waals surface area contributed by atoms with E-state index in [9.17, 15) is 5.11 Å². The van der Waals surface area contributed by atoms with E-state index in [1.807, 2.05) is 25.1 Å². The van der Waals surface area contributed by atoms with E-state index in [1.54, 1.807) is 7.11 Å². The fourth-order valence-electron chi connectivity index (χ4n) is 2.24. The van der Waals surface area contributed by atoms with E-state index in [4.69, 9.17) is 14.2 Å². The van der Waals surface area contributed by atoms with Crippen molar-refractivity contribution < 1.29 is 19.3 Å². The van der Waals surface area contributed by atoms with Gasteiger partial charge in [0.2, 0.25) is 0 Å². The Bertz CT molecular complexity index is 391. The van der Waals surface area contributed by atoms with E-state index < -0.39 is 6.10 Å². The van der Waals surface area contributed by atoms with Gasteiger partial charge in [-0.2, -0.15) is 0 Å². The molecule has 0 saturated heterocycles. The summed E-state index contributed by atoms with van der Waals surface area (Å²) >= 11 is 0. The summed E-state index contributed by atoms with van der Waals surface area (Å²) in [5, 5.41) is 10.2. The van der Waals surface area contributed by atoms with Crippen molar-refractivity contribution in [2.75, 3.05) is 26.9 Å². The first-order chi connectivity index (χ1) is 8.76. The van der Waals surface area contributed by atoms with Gasteiger partial charge in [0.1, 0.15) is 11.9 Å². The zero-order valence-electron chi connectivity index (χ0n) is 10.9. The Morgan fingerprint density at radius 2 is 2.17 bits per heavy atom. The van der Waals surface area contributed by atoms with Crippen LogP contribution in [0.25, 0.3) is 0 Å². The summed E-state index contributed by atoms with van der Waals surface area (Å²) in [4.78, 5) is 0. The molecular formula is C14H20O4. The van der Waals surface area contributed by atoms with E-state index in [-0.39, 0.29) is 6.10 Å². The lowest BCUT2D eigenvalue weighted by molar-refractivity contribution is -0.0473. The van der Waals surface area contributed by atoms with E-state index in [0.29, 0.717) is 19.8 Å². The Kier molecular flexibility index (Phi) is 4.58. The molecule has 1 N–H and O–H groups in total. The zero-order valence-corrected chi connectivity index (χ0v) is 10.9. The summed E-state index contributed by atoms with van der Waals surface area (Å²) in [5.41, 5.74) is 2.04. The molecule has 2 rings (SSSR count). The van der Waals surface area contributed by atoms with Gasteiger partial charge in [0.05, 0.1) is 26.4 Å². The molecule has 0 heterocycles. The van der Waals surface area contributed by atoms with Crippen molar-refractivity contribution in [1.82, 2.24) is 0 Å². The lowest BCUT2D eigenvalue weighted by Gasteiger charge is -2.16. The van der Waals surface area contributed by atoms with Gasteiger partial charge in [-0.15, -0.1) is 0 Å². The minimum absolute atomic E-state index is 0.174. The van der Waals surface area contributed by atoms with Crippen molar-refractivity contribution in [2.24, 2.45) is 0 Å². The molecule has 0 aliphatic heterocycles. The van der Waals surface area contributed by atoms with Crippen LogP contribution in [0, 0.1) is 0 Å². The molecule has 4 nitrogen and oxygen atoms in total. The van der Waals surface area contributed by atoms with Crippen LogP contribution in [0.15, 0.2) is 18.2 Å². The Morgan fingerprint density at radius 3 is 2.89 bits per heavy atom. The first-order valence-corrected chi connectivity index (χ1v) is 6.30. The molecule has 0 fully saturated rings. The first-order valence-electron chi connectivity index (χ1n) is 6.30. The molecule has 1 aromatic carbocycles. The second kappa shape index (κ2) is 6.18. The molecule has 100 valence electrons. The van der Waals surface area contributed by atoms with Gasteiger partial charge >= 0.3 is 0 Å². The maximum atomic E-state index is 10.2. The summed E-state index contributed by atoms with van der Waals surface area (Å²) in [6.07, 6.45) is -0.00335. The Labute approximate surface area is 107 Å². The number of fused-ring (bicyclic) bond motifs is 1. The molecule has 1 aliphatic rings. The predicted molar refractivity (Wildman–Crippen MR) is 67.9 cm³/mol. The molecule has 2 atom stereocenters. The molecule has 0 aromatic heterocycles. The molecule has 2 unspecified atom stereocenters. The third kappa shape index (κ3) is 2.83. The Morgan fingerprint density at radius 1 is 1.33 bits per heavy atom. The van der Waals surface area contributed by atoms with Crippen molar-refractivity contribution in [3.63, 3.8) is 0 Å². The summed E-state index contributed by atoms with van der Waals surface area (Å²) in [6, 6.07) is 5.78. The lowest BCUT2D eigenvalue weighted by Crippen LogP contribution is -2.20. The molecule has 0 saturated carbocycles. The molecule has 18 heavy (non-hydrogen) atoms. The molecule has 0 spiro atoms. The quantitative estimate of drug-likeness (QED) is 0.783. The van der Waals surface area contributed by atoms with Crippen LogP contribution >= 0.6 is 0 Å². The largest absolute Gasteiger partial charge is 0.497 e. The molecule has 0 amide bonds. The highest BCUT2D eigenvalue weighted by Crippen LogP contribution is 2.35. The van der Waals surface area contributed by atoms with Crippen molar-refractivity contribution >= 4 is 0 Å². The third-order valence-corrected chi connectivity index (χ3v) is 3.21. The van der Waals surface area contributed by atoms with Gasteiger partial charge in [0.25, 0.3) is 0 Å². The van der Waals surface area contributed by atoms with Gasteiger partial charge in [-0.05, 0) is 30.2 Å². The molecule has 0 radical (unpaired) electrons. The standard InChI is InChI=1S/C14H20O4/c1-3-17-6-7-18-13-8-10-4-5-11(16-2)9-12(10)14(13)15/h4-5,9,13-15H,3,6-8H2,1-2H3. The number of benzene rings is 1. The van der Waals surface area contributed by atoms with Crippen LogP contribution in [0.4, 0.5) is 0 Å². The number of aliphatic hydroxyl groups is 1. The second-order valence-corrected chi connectivity index (χ2v) is 4.32. The highest BCUT2D eigenvalue weighted by atomic mass is 16.5. The third-order valence-electron chi connectivity index (χ3n) is 3.21. The average Bonchev–Trinajstić information content (AvgIpc) is 2.71. The molecule has 0 bridgehead atoms. The monoisotopic (exact) mass is 252 g/mol. The van der Waals surface area contributed by atoms with Gasteiger partial charge in [0.15, 0.2) is 0 Å². The van der Waals surface area contributed by atoms with E-state index in [0.717, 1.165) is 23.3 Å². The van der Waals surface area contributed by atoms with E-state index >= 15 is 0 Å². The number of aliphatic hydroxyl groups excluding tert-OH is 1. The summed E-state index contributed by atoms with van der Waals surface area (Å²) in [5.74, 6) is 0.766. The van der Waals surface area contributed by atoms with Crippen LogP contribution in [0.3, 0.4) is 0 Å². The van der Waals surface area contributed by atoms with Crippen LogP contribution < -0.4 is 4.74 Å². The van der Waals surface area contributed by atoms with Crippen molar-refractivity contribution in [2.45, 2.75) is 25.6 Å². The fraction of sp³-hybridized carbons (Fsp3) is 0.571. The number of hydrogen-bond donors (Lipinski definition) is 1. The average molecular weight is 252 g/mol. The highest BCUT2D eigenvalue weighted by Gasteiger charge is 2.31. The van der Waals surface area contributed by atoms with Gasteiger partial charge in [-0.1, -0.05) is 6.07 Å². The van der Waals surface area contributed by atoms with Gasteiger partial charge in [-0.25, -0.2) is 0 Å². The summed E-state index contributed by atoms with van der Waals surface area (Å²) < 4.78 is 16.0. The van der Waals surface area contributed by atoms with Crippen LogP contribution in [0.2, 0.25) is 0 Å². The number of methoxy groups -OCH3 is 1. The molecule has 1 aromatic rings. The predicted octanol–water partition coefficient (Wildman–Crippen LogP) is 1.71. The second-order valence-electron chi connectivity index (χ2n) is 4.32. The minimum atomic E-state index is -0.572. The Balaban J connectivity index is 1.95. The SMILES string of the molecule is CCOCCOC1Cc2ccc(OC)cc2C1O. The fourth-order valence-corrected chi connectivity index (χ4v) is 2.24. The van der Waals surface area contributed by atoms with Crippen LogP contribution in [0.5, 0.6) is 5.75 Å². The molecule has 4 heteroatoms. The maximum absolute atomic E-state index is 10.2. The zero-order chi connectivity index (χ0) is 13.0. The first kappa shape index (κ1) is 13.3. The highest BCUT2D eigenvalue weighted by molar-refractivity contribution is 5.41. The minimum Gasteiger partial charge on any atom is -0.497 e. The van der Waals surface area contributed by atoms with Crippen molar-refractivity contribution in [3.05, 3.63) is 29.3 Å². The molecule has 1 aliphatic carbocycles. The van der Waals surface area contributed by atoms with Crippen LogP contribution in [0.1, 0.15) is 24.2 Å². The van der Waals surface area contributed by atoms with Crippen molar-refractivity contribution in [3.8, 4) is 5.75 Å². The number of rotatable bonds is 6. The number of hydrogen-bond acceptors (Lipinski definition) is 4. The Hall–Kier alpha value is -1.10. The van der Waals surface area contributed by atoms with E-state index in [2.05, 4.69) is 0 Å². The maximum Gasteiger partial charge on any atom is 0.119 e. The van der Waals surface area contributed by atoms with Crippen molar-refractivity contribution in [1.29, 1.82) is 0 Å². The number of ether oxygens (including phenoxy) is 3. The van der Waals surface area contributed by atoms with Gasteiger partial charge in [0, 0.05) is 13.0 Å². The van der Waals surface area contributed by atoms with E-state index in [1.165, 1.54) is 0 Å².